The van der Waals surface area contributed by atoms with Gasteiger partial charge in [-0.1, -0.05) is 30.3 Å². The highest BCUT2D eigenvalue weighted by atomic mass is 32.1. The molecule has 1 aromatic rings. The van der Waals surface area contributed by atoms with Gasteiger partial charge < -0.3 is 5.73 Å². The SMILES string of the molecule is NC(=O)C1(S)C[C@H]1c1ccccc1. The van der Waals surface area contributed by atoms with Crippen LogP contribution in [0.15, 0.2) is 30.3 Å². The fraction of sp³-hybridized carbons (Fsp3) is 0.300. The molecule has 13 heavy (non-hydrogen) atoms. The highest BCUT2D eigenvalue weighted by Crippen LogP contribution is 2.55. The lowest BCUT2D eigenvalue weighted by Gasteiger charge is -2.04. The molecule has 1 unspecified atom stereocenters. The van der Waals surface area contributed by atoms with Gasteiger partial charge in [-0.2, -0.15) is 12.6 Å². The van der Waals surface area contributed by atoms with Crippen molar-refractivity contribution < 1.29 is 4.79 Å². The smallest absolute Gasteiger partial charge is 0.234 e. The van der Waals surface area contributed by atoms with E-state index in [2.05, 4.69) is 12.6 Å². The molecule has 1 aliphatic rings. The van der Waals surface area contributed by atoms with Crippen LogP contribution in [0, 0.1) is 0 Å². The van der Waals surface area contributed by atoms with Crippen molar-refractivity contribution >= 4 is 18.5 Å². The van der Waals surface area contributed by atoms with Crippen molar-refractivity contribution in [1.29, 1.82) is 0 Å². The van der Waals surface area contributed by atoms with Crippen molar-refractivity contribution in [3.63, 3.8) is 0 Å². The highest BCUT2D eigenvalue weighted by Gasteiger charge is 2.56. The summed E-state index contributed by atoms with van der Waals surface area (Å²) in [4.78, 5) is 11.0. The summed E-state index contributed by atoms with van der Waals surface area (Å²) in [6, 6.07) is 9.89. The fourth-order valence-electron chi connectivity index (χ4n) is 1.60. The molecule has 2 atom stereocenters. The van der Waals surface area contributed by atoms with Crippen molar-refractivity contribution in [2.75, 3.05) is 0 Å². The Bertz CT molecular complexity index is 338. The van der Waals surface area contributed by atoms with E-state index in [0.717, 1.165) is 12.0 Å². The number of carbonyl (C=O) groups excluding carboxylic acids is 1. The van der Waals surface area contributed by atoms with Crippen LogP contribution in [-0.4, -0.2) is 10.7 Å². The van der Waals surface area contributed by atoms with Crippen molar-refractivity contribution in [3.8, 4) is 0 Å². The maximum atomic E-state index is 11.0. The van der Waals surface area contributed by atoms with E-state index in [9.17, 15) is 4.79 Å². The number of nitrogens with two attached hydrogens (primary N) is 1. The van der Waals surface area contributed by atoms with Gasteiger partial charge >= 0.3 is 0 Å². The van der Waals surface area contributed by atoms with Crippen molar-refractivity contribution in [2.24, 2.45) is 5.73 Å². The summed E-state index contributed by atoms with van der Waals surface area (Å²) in [5, 5.41) is 0. The summed E-state index contributed by atoms with van der Waals surface area (Å²) >= 11 is 4.29. The monoisotopic (exact) mass is 193 g/mol. The van der Waals surface area contributed by atoms with Crippen LogP contribution >= 0.6 is 12.6 Å². The van der Waals surface area contributed by atoms with Gasteiger partial charge in [0.05, 0.1) is 4.75 Å². The molecule has 3 heteroatoms. The van der Waals surface area contributed by atoms with E-state index in [1.54, 1.807) is 0 Å². The Balaban J connectivity index is 2.21. The first-order valence-electron chi connectivity index (χ1n) is 4.22. The number of hydrogen-bond acceptors (Lipinski definition) is 2. The maximum Gasteiger partial charge on any atom is 0.234 e. The normalized spacial score (nSPS) is 31.3. The molecule has 0 radical (unpaired) electrons. The molecule has 0 heterocycles. The lowest BCUT2D eigenvalue weighted by atomic mass is 10.1. The van der Waals surface area contributed by atoms with Gasteiger partial charge in [0, 0.05) is 5.92 Å². The predicted octanol–water partition coefficient (Wildman–Crippen LogP) is 1.33. The van der Waals surface area contributed by atoms with Crippen molar-refractivity contribution in [1.82, 2.24) is 0 Å². The van der Waals surface area contributed by atoms with Crippen LogP contribution in [0.25, 0.3) is 0 Å². The Hall–Kier alpha value is -0.960. The lowest BCUT2D eigenvalue weighted by molar-refractivity contribution is -0.118. The molecule has 0 saturated heterocycles. The average Bonchev–Trinajstić information content (AvgIpc) is 2.81. The maximum absolute atomic E-state index is 11.0. The topological polar surface area (TPSA) is 43.1 Å². The summed E-state index contributed by atoms with van der Waals surface area (Å²) in [6.45, 7) is 0. The first kappa shape index (κ1) is 8.63. The largest absolute Gasteiger partial charge is 0.368 e. The summed E-state index contributed by atoms with van der Waals surface area (Å²) in [6.07, 6.45) is 0.759. The Morgan fingerprint density at radius 1 is 1.46 bits per heavy atom. The Kier molecular flexibility index (Phi) is 1.84. The van der Waals surface area contributed by atoms with Gasteiger partial charge in [-0.15, -0.1) is 0 Å². The molecule has 0 spiro atoms. The van der Waals surface area contributed by atoms with Gasteiger partial charge in [0.15, 0.2) is 0 Å². The second-order valence-electron chi connectivity index (χ2n) is 3.46. The molecule has 0 aliphatic heterocycles. The Morgan fingerprint density at radius 3 is 2.54 bits per heavy atom. The van der Waals surface area contributed by atoms with E-state index in [-0.39, 0.29) is 11.8 Å². The van der Waals surface area contributed by atoms with Gasteiger partial charge in [0.25, 0.3) is 0 Å². The predicted molar refractivity (Wildman–Crippen MR) is 54.7 cm³/mol. The van der Waals surface area contributed by atoms with E-state index >= 15 is 0 Å². The van der Waals surface area contributed by atoms with Crippen LogP contribution in [0.2, 0.25) is 0 Å². The van der Waals surface area contributed by atoms with Crippen molar-refractivity contribution in [3.05, 3.63) is 35.9 Å². The minimum atomic E-state index is -0.596. The molecule has 1 aliphatic carbocycles. The molecule has 0 bridgehead atoms. The third-order valence-electron chi connectivity index (χ3n) is 2.56. The van der Waals surface area contributed by atoms with Crippen LogP contribution in [0.4, 0.5) is 0 Å². The number of benzene rings is 1. The van der Waals surface area contributed by atoms with E-state index in [1.807, 2.05) is 30.3 Å². The summed E-state index contributed by atoms with van der Waals surface area (Å²) < 4.78 is -0.596. The second kappa shape index (κ2) is 2.77. The highest BCUT2D eigenvalue weighted by molar-refractivity contribution is 7.83. The lowest BCUT2D eigenvalue weighted by Crippen LogP contribution is -2.26. The van der Waals surface area contributed by atoms with E-state index < -0.39 is 4.75 Å². The zero-order valence-electron chi connectivity index (χ0n) is 7.10. The fourth-order valence-corrected chi connectivity index (χ4v) is 1.94. The van der Waals surface area contributed by atoms with Gasteiger partial charge in [-0.3, -0.25) is 4.79 Å². The zero-order chi connectivity index (χ0) is 9.47. The van der Waals surface area contributed by atoms with Gasteiger partial charge in [-0.05, 0) is 12.0 Å². The molecule has 2 nitrogen and oxygen atoms in total. The summed E-state index contributed by atoms with van der Waals surface area (Å²) in [5.41, 5.74) is 6.39. The molecular weight excluding hydrogens is 182 g/mol. The molecule has 2 rings (SSSR count). The van der Waals surface area contributed by atoms with Crippen LogP contribution in [0.3, 0.4) is 0 Å². The molecular formula is C10H11NOS. The quantitative estimate of drug-likeness (QED) is 0.684. The van der Waals surface area contributed by atoms with Crippen LogP contribution in [0.5, 0.6) is 0 Å². The number of primary amides is 1. The van der Waals surface area contributed by atoms with E-state index in [0.29, 0.717) is 0 Å². The van der Waals surface area contributed by atoms with Crippen LogP contribution < -0.4 is 5.73 Å². The number of thiol groups is 1. The van der Waals surface area contributed by atoms with E-state index in [4.69, 9.17) is 5.73 Å². The summed E-state index contributed by atoms with van der Waals surface area (Å²) in [5.74, 6) is -0.112. The van der Waals surface area contributed by atoms with Gasteiger partial charge in [-0.25, -0.2) is 0 Å². The third kappa shape index (κ3) is 1.33. The third-order valence-corrected chi connectivity index (χ3v) is 3.27. The first-order valence-corrected chi connectivity index (χ1v) is 4.66. The summed E-state index contributed by atoms with van der Waals surface area (Å²) in [7, 11) is 0. The average molecular weight is 193 g/mol. The number of amides is 1. The minimum absolute atomic E-state index is 0.203. The number of hydrogen-bond donors (Lipinski definition) is 2. The molecule has 1 fully saturated rings. The van der Waals surface area contributed by atoms with Crippen LogP contribution in [0.1, 0.15) is 17.9 Å². The zero-order valence-corrected chi connectivity index (χ0v) is 8.00. The molecule has 1 aromatic carbocycles. The van der Waals surface area contributed by atoms with Gasteiger partial charge in [0.2, 0.25) is 5.91 Å². The number of rotatable bonds is 2. The standard InChI is InChI=1S/C10H11NOS/c11-9(12)10(13)6-8(10)7-4-2-1-3-5-7/h1-5,8,13H,6H2,(H2,11,12)/t8-,10?/m0/s1. The first-order chi connectivity index (χ1) is 6.14. The van der Waals surface area contributed by atoms with Crippen LogP contribution in [-0.2, 0) is 4.79 Å². The molecule has 1 saturated carbocycles. The molecule has 2 N–H and O–H groups in total. The minimum Gasteiger partial charge on any atom is -0.368 e. The van der Waals surface area contributed by atoms with Crippen molar-refractivity contribution in [2.45, 2.75) is 17.1 Å². The van der Waals surface area contributed by atoms with E-state index in [1.165, 1.54) is 0 Å². The molecule has 1 amide bonds. The Morgan fingerprint density at radius 2 is 2.08 bits per heavy atom. The van der Waals surface area contributed by atoms with Gasteiger partial charge in [0.1, 0.15) is 0 Å². The molecule has 68 valence electrons. The number of carbonyl (C=O) groups is 1. The Labute approximate surface area is 82.5 Å². The molecule has 0 aromatic heterocycles. The second-order valence-corrected chi connectivity index (χ2v) is 4.25.